The normalized spacial score (nSPS) is 11.4. The fourth-order valence-electron chi connectivity index (χ4n) is 2.55. The maximum absolute atomic E-state index is 13.8. The number of sulfonamides is 1. The van der Waals surface area contributed by atoms with Gasteiger partial charge in [0.25, 0.3) is 0 Å². The van der Waals surface area contributed by atoms with Gasteiger partial charge < -0.3 is 0 Å². The van der Waals surface area contributed by atoms with Crippen LogP contribution in [-0.2, 0) is 21.2 Å². The third-order valence-electron chi connectivity index (χ3n) is 4.00. The number of amides is 1. The highest BCUT2D eigenvalue weighted by Gasteiger charge is 2.22. The molecular formula is C18H17FN4O3S2. The van der Waals surface area contributed by atoms with Crippen molar-refractivity contribution in [1.29, 1.82) is 0 Å². The van der Waals surface area contributed by atoms with Gasteiger partial charge in [-0.3, -0.25) is 14.7 Å². The second-order valence-corrected chi connectivity index (χ2v) is 8.81. The molecule has 0 saturated carbocycles. The Labute approximate surface area is 165 Å². The zero-order chi connectivity index (χ0) is 20.5. The zero-order valence-electron chi connectivity index (χ0n) is 15.1. The van der Waals surface area contributed by atoms with Crippen molar-refractivity contribution in [1.82, 2.24) is 9.97 Å². The third-order valence-corrected chi connectivity index (χ3v) is 6.79. The first kappa shape index (κ1) is 20.1. The highest BCUT2D eigenvalue weighted by Crippen LogP contribution is 2.29. The molecule has 28 heavy (non-hydrogen) atoms. The van der Waals surface area contributed by atoms with Crippen molar-refractivity contribution in [2.45, 2.75) is 17.6 Å². The number of rotatable bonds is 5. The predicted octanol–water partition coefficient (Wildman–Crippen LogP) is 2.51. The average Bonchev–Trinajstić information content (AvgIpc) is 3.04. The molecule has 1 amide bonds. The fourth-order valence-corrected chi connectivity index (χ4v) is 4.48. The number of nitrogens with two attached hydrogens (primary N) is 1. The summed E-state index contributed by atoms with van der Waals surface area (Å²) in [5, 5.41) is 5.40. The van der Waals surface area contributed by atoms with E-state index in [1.54, 1.807) is 24.3 Å². The molecule has 2 aromatic heterocycles. The molecule has 1 aromatic carbocycles. The molecule has 3 rings (SSSR count). The van der Waals surface area contributed by atoms with E-state index >= 15 is 0 Å². The van der Waals surface area contributed by atoms with E-state index in [9.17, 15) is 17.6 Å². The van der Waals surface area contributed by atoms with Crippen LogP contribution < -0.4 is 10.0 Å². The third kappa shape index (κ3) is 4.24. The Morgan fingerprint density at radius 1 is 1.25 bits per heavy atom. The summed E-state index contributed by atoms with van der Waals surface area (Å²) < 4.78 is 36.8. The Morgan fingerprint density at radius 2 is 1.93 bits per heavy atom. The highest BCUT2D eigenvalue weighted by atomic mass is 32.2. The molecule has 0 bridgehead atoms. The van der Waals surface area contributed by atoms with Crippen molar-refractivity contribution >= 4 is 32.4 Å². The maximum Gasteiger partial charge on any atom is 0.249 e. The van der Waals surface area contributed by atoms with Gasteiger partial charge in [0.05, 0.1) is 12.1 Å². The van der Waals surface area contributed by atoms with Gasteiger partial charge in [-0.1, -0.05) is 35.6 Å². The number of primary sulfonamides is 1. The lowest BCUT2D eigenvalue weighted by Gasteiger charge is -2.14. The van der Waals surface area contributed by atoms with Gasteiger partial charge in [-0.25, -0.2) is 22.9 Å². The molecule has 10 heteroatoms. The predicted molar refractivity (Wildman–Crippen MR) is 105 cm³/mol. The molecule has 3 aromatic rings. The number of halogens is 1. The molecule has 7 nitrogen and oxygen atoms in total. The van der Waals surface area contributed by atoms with Crippen LogP contribution in [0.5, 0.6) is 0 Å². The van der Waals surface area contributed by atoms with Crippen molar-refractivity contribution in [2.75, 3.05) is 11.9 Å². The molecule has 0 unspecified atom stereocenters. The molecule has 0 atom stereocenters. The number of carbonyl (C=O) groups excluding carboxylic acids is 1. The van der Waals surface area contributed by atoms with Crippen LogP contribution in [0.3, 0.4) is 0 Å². The van der Waals surface area contributed by atoms with Crippen LogP contribution in [0.4, 0.5) is 9.52 Å². The number of pyridine rings is 1. The zero-order valence-corrected chi connectivity index (χ0v) is 16.7. The number of hydrogen-bond acceptors (Lipinski definition) is 6. The quantitative estimate of drug-likeness (QED) is 0.683. The summed E-state index contributed by atoms with van der Waals surface area (Å²) in [6.45, 7) is 1.52. The standard InChI is InChI=1S/C18H17FN4O3S2/c1-11-17(28(20,25)26)27-18(22-11)23(2)15(24)10-12-5-7-13(8-6-12)16-14(19)4-3-9-21-16/h3-9H,10H2,1-2H3,(H2,20,25,26). The number of carbonyl (C=O) groups is 1. The summed E-state index contributed by atoms with van der Waals surface area (Å²) in [5.41, 5.74) is 1.82. The number of aromatic nitrogens is 2. The van der Waals surface area contributed by atoms with Gasteiger partial charge in [0.1, 0.15) is 11.5 Å². The number of aryl methyl sites for hydroxylation is 1. The smallest absolute Gasteiger partial charge is 0.249 e. The molecule has 2 heterocycles. The van der Waals surface area contributed by atoms with Crippen LogP contribution in [0.1, 0.15) is 11.3 Å². The lowest BCUT2D eigenvalue weighted by atomic mass is 10.1. The minimum absolute atomic E-state index is 0.0658. The maximum atomic E-state index is 13.8. The van der Waals surface area contributed by atoms with Crippen LogP contribution in [0, 0.1) is 12.7 Å². The summed E-state index contributed by atoms with van der Waals surface area (Å²) >= 11 is 0.846. The largest absolute Gasteiger partial charge is 0.291 e. The van der Waals surface area contributed by atoms with Crippen LogP contribution in [-0.4, -0.2) is 31.3 Å². The number of thiazole rings is 1. The summed E-state index contributed by atoms with van der Waals surface area (Å²) in [6.07, 6.45) is 1.58. The Balaban J connectivity index is 1.75. The molecule has 0 radical (unpaired) electrons. The Hall–Kier alpha value is -2.69. The van der Waals surface area contributed by atoms with Gasteiger partial charge in [-0.15, -0.1) is 0 Å². The van der Waals surface area contributed by atoms with Crippen LogP contribution in [0.2, 0.25) is 0 Å². The van der Waals surface area contributed by atoms with E-state index in [0.717, 1.165) is 16.9 Å². The van der Waals surface area contributed by atoms with Gasteiger partial charge in [-0.2, -0.15) is 0 Å². The molecule has 0 fully saturated rings. The van der Waals surface area contributed by atoms with Gasteiger partial charge in [0.2, 0.25) is 15.9 Å². The summed E-state index contributed by atoms with van der Waals surface area (Å²) in [7, 11) is -2.36. The van der Waals surface area contributed by atoms with Gasteiger partial charge in [0, 0.05) is 18.8 Å². The monoisotopic (exact) mass is 420 g/mol. The fraction of sp³-hybridized carbons (Fsp3) is 0.167. The number of anilines is 1. The SMILES string of the molecule is Cc1nc(N(C)C(=O)Cc2ccc(-c3ncccc3F)cc2)sc1S(N)(=O)=O. The van der Waals surface area contributed by atoms with E-state index in [-0.39, 0.29) is 33.1 Å². The van der Waals surface area contributed by atoms with Crippen LogP contribution >= 0.6 is 11.3 Å². The van der Waals surface area contributed by atoms with E-state index in [0.29, 0.717) is 5.56 Å². The number of nitrogens with zero attached hydrogens (tertiary/aromatic N) is 3. The van der Waals surface area contributed by atoms with E-state index in [1.165, 1.54) is 37.2 Å². The first-order chi connectivity index (χ1) is 13.2. The Bertz CT molecular complexity index is 1130. The molecule has 0 saturated heterocycles. The first-order valence-corrected chi connectivity index (χ1v) is 10.5. The summed E-state index contributed by atoms with van der Waals surface area (Å²) in [4.78, 5) is 22.0. The molecular weight excluding hydrogens is 403 g/mol. The molecule has 0 aliphatic rings. The minimum atomic E-state index is -3.88. The van der Waals surface area contributed by atoms with Crippen molar-refractivity contribution in [3.63, 3.8) is 0 Å². The van der Waals surface area contributed by atoms with E-state index < -0.39 is 15.8 Å². The Kier molecular flexibility index (Phi) is 5.54. The molecule has 0 spiro atoms. The van der Waals surface area contributed by atoms with Gasteiger partial charge >= 0.3 is 0 Å². The Morgan fingerprint density at radius 3 is 2.50 bits per heavy atom. The number of hydrogen-bond donors (Lipinski definition) is 1. The van der Waals surface area contributed by atoms with Gasteiger partial charge in [-0.05, 0) is 24.6 Å². The van der Waals surface area contributed by atoms with E-state index in [4.69, 9.17) is 5.14 Å². The molecule has 2 N–H and O–H groups in total. The number of benzene rings is 1. The van der Waals surface area contributed by atoms with Crippen molar-refractivity contribution in [3.8, 4) is 11.3 Å². The van der Waals surface area contributed by atoms with Gasteiger partial charge in [0.15, 0.2) is 9.34 Å². The second kappa shape index (κ2) is 7.74. The van der Waals surface area contributed by atoms with Crippen molar-refractivity contribution < 1.29 is 17.6 Å². The van der Waals surface area contributed by atoms with E-state index in [1.807, 2.05) is 0 Å². The lowest BCUT2D eigenvalue weighted by Crippen LogP contribution is -2.27. The van der Waals surface area contributed by atoms with Crippen LogP contribution in [0.15, 0.2) is 46.8 Å². The molecule has 0 aliphatic heterocycles. The average molecular weight is 420 g/mol. The summed E-state index contributed by atoms with van der Waals surface area (Å²) in [5.74, 6) is -0.692. The molecule has 0 aliphatic carbocycles. The highest BCUT2D eigenvalue weighted by molar-refractivity contribution is 7.91. The lowest BCUT2D eigenvalue weighted by molar-refractivity contribution is -0.117. The first-order valence-electron chi connectivity index (χ1n) is 8.13. The van der Waals surface area contributed by atoms with E-state index in [2.05, 4.69) is 9.97 Å². The molecule has 146 valence electrons. The van der Waals surface area contributed by atoms with Crippen molar-refractivity contribution in [3.05, 3.63) is 59.7 Å². The van der Waals surface area contributed by atoms with Crippen molar-refractivity contribution in [2.24, 2.45) is 5.14 Å². The number of likely N-dealkylation sites (N-methyl/N-ethyl adjacent to an activating group) is 1. The van der Waals surface area contributed by atoms with Crippen LogP contribution in [0.25, 0.3) is 11.3 Å². The second-order valence-electron chi connectivity index (χ2n) is 6.07. The minimum Gasteiger partial charge on any atom is -0.291 e. The topological polar surface area (TPSA) is 106 Å². The summed E-state index contributed by atoms with van der Waals surface area (Å²) in [6, 6.07) is 9.68.